The predicted molar refractivity (Wildman–Crippen MR) is 91.1 cm³/mol. The molecule has 0 aliphatic heterocycles. The van der Waals surface area contributed by atoms with Gasteiger partial charge in [0.1, 0.15) is 12.4 Å². The van der Waals surface area contributed by atoms with Crippen molar-refractivity contribution in [1.82, 2.24) is 0 Å². The minimum atomic E-state index is 0.614. The number of benzene rings is 3. The van der Waals surface area contributed by atoms with Gasteiger partial charge in [-0.25, -0.2) is 0 Å². The van der Waals surface area contributed by atoms with Crippen molar-refractivity contribution in [2.75, 3.05) is 0 Å². The second-order valence-corrected chi connectivity index (χ2v) is 5.41. The van der Waals surface area contributed by atoms with Gasteiger partial charge in [-0.2, -0.15) is 0 Å². The van der Waals surface area contributed by atoms with E-state index >= 15 is 0 Å². The lowest BCUT2D eigenvalue weighted by atomic mass is 10.0. The van der Waals surface area contributed by atoms with Gasteiger partial charge in [0, 0.05) is 0 Å². The summed E-state index contributed by atoms with van der Waals surface area (Å²) >= 11 is 0. The van der Waals surface area contributed by atoms with Crippen molar-refractivity contribution in [2.45, 2.75) is 19.4 Å². The molecule has 0 spiro atoms. The third kappa shape index (κ3) is 4.23. The van der Waals surface area contributed by atoms with Gasteiger partial charge in [0.15, 0.2) is 0 Å². The van der Waals surface area contributed by atoms with Crippen molar-refractivity contribution in [1.29, 1.82) is 0 Å². The molecule has 0 aliphatic rings. The molecule has 3 rings (SSSR count). The zero-order chi connectivity index (χ0) is 15.0. The lowest BCUT2D eigenvalue weighted by Crippen LogP contribution is -1.97. The third-order valence-corrected chi connectivity index (χ3v) is 3.69. The number of hydrogen-bond donors (Lipinski definition) is 0. The normalized spacial score (nSPS) is 10.4. The van der Waals surface area contributed by atoms with Gasteiger partial charge in [0.2, 0.25) is 0 Å². The molecule has 0 aromatic heterocycles. The van der Waals surface area contributed by atoms with E-state index in [2.05, 4.69) is 54.6 Å². The minimum Gasteiger partial charge on any atom is -0.489 e. The molecule has 0 bridgehead atoms. The Labute approximate surface area is 132 Å². The first-order valence-electron chi connectivity index (χ1n) is 7.70. The van der Waals surface area contributed by atoms with Gasteiger partial charge >= 0.3 is 0 Å². The molecule has 3 aromatic carbocycles. The standard InChI is InChI=1S/C21H20O/c1-3-8-18(9-4-1)14-15-19-10-7-11-20(16-19)17-22-21-12-5-2-6-13-21/h1-13,16H,14-15,17H2. The molecule has 0 radical (unpaired) electrons. The predicted octanol–water partition coefficient (Wildman–Crippen LogP) is 5.05. The van der Waals surface area contributed by atoms with Gasteiger partial charge < -0.3 is 4.74 Å². The van der Waals surface area contributed by atoms with Gasteiger partial charge in [0.25, 0.3) is 0 Å². The first kappa shape index (κ1) is 14.4. The SMILES string of the molecule is c1ccc(CCc2cccc(COc3ccccc3)c2)cc1. The highest BCUT2D eigenvalue weighted by atomic mass is 16.5. The maximum absolute atomic E-state index is 5.81. The minimum absolute atomic E-state index is 0.614. The summed E-state index contributed by atoms with van der Waals surface area (Å²) in [4.78, 5) is 0. The van der Waals surface area contributed by atoms with Crippen LogP contribution in [0, 0.1) is 0 Å². The van der Waals surface area contributed by atoms with E-state index in [-0.39, 0.29) is 0 Å². The molecular formula is C21H20O. The molecule has 3 aromatic rings. The first-order valence-corrected chi connectivity index (χ1v) is 7.70. The Morgan fingerprint density at radius 3 is 1.91 bits per heavy atom. The molecule has 0 unspecified atom stereocenters. The molecule has 110 valence electrons. The summed E-state index contributed by atoms with van der Waals surface area (Å²) in [7, 11) is 0. The fourth-order valence-electron chi connectivity index (χ4n) is 2.49. The Bertz CT molecular complexity index is 631. The Kier molecular flexibility index (Phi) is 4.88. The zero-order valence-electron chi connectivity index (χ0n) is 12.6. The first-order chi connectivity index (χ1) is 10.9. The fraction of sp³-hybridized carbons (Fsp3) is 0.143. The van der Waals surface area contributed by atoms with E-state index in [1.807, 2.05) is 30.3 Å². The highest BCUT2D eigenvalue weighted by Gasteiger charge is 1.99. The molecule has 0 amide bonds. The largest absolute Gasteiger partial charge is 0.489 e. The van der Waals surface area contributed by atoms with Crippen LogP contribution in [0.15, 0.2) is 84.9 Å². The van der Waals surface area contributed by atoms with E-state index in [9.17, 15) is 0 Å². The van der Waals surface area contributed by atoms with Crippen molar-refractivity contribution in [3.63, 3.8) is 0 Å². The van der Waals surface area contributed by atoms with Gasteiger partial charge in [-0.3, -0.25) is 0 Å². The maximum atomic E-state index is 5.81. The van der Waals surface area contributed by atoms with Crippen LogP contribution in [-0.2, 0) is 19.4 Å². The lowest BCUT2D eigenvalue weighted by molar-refractivity contribution is 0.306. The molecular weight excluding hydrogens is 268 g/mol. The lowest BCUT2D eigenvalue weighted by Gasteiger charge is -2.08. The van der Waals surface area contributed by atoms with Crippen molar-refractivity contribution >= 4 is 0 Å². The third-order valence-electron chi connectivity index (χ3n) is 3.69. The summed E-state index contributed by atoms with van der Waals surface area (Å²) in [6.45, 7) is 0.614. The second-order valence-electron chi connectivity index (χ2n) is 5.41. The summed E-state index contributed by atoms with van der Waals surface area (Å²) in [5.74, 6) is 0.914. The molecule has 0 aliphatic carbocycles. The average molecular weight is 288 g/mol. The van der Waals surface area contributed by atoms with E-state index in [1.165, 1.54) is 16.7 Å². The quantitative estimate of drug-likeness (QED) is 0.616. The van der Waals surface area contributed by atoms with E-state index in [4.69, 9.17) is 4.74 Å². The molecule has 1 heteroatoms. The summed E-state index contributed by atoms with van der Waals surface area (Å²) in [6.07, 6.45) is 2.13. The van der Waals surface area contributed by atoms with Crippen LogP contribution < -0.4 is 4.74 Å². The Hall–Kier alpha value is -2.54. The summed E-state index contributed by atoms with van der Waals surface area (Å²) in [5, 5.41) is 0. The van der Waals surface area contributed by atoms with Gasteiger partial charge in [0.05, 0.1) is 0 Å². The molecule has 0 N–H and O–H groups in total. The van der Waals surface area contributed by atoms with Crippen molar-refractivity contribution < 1.29 is 4.74 Å². The van der Waals surface area contributed by atoms with Crippen molar-refractivity contribution in [3.05, 3.63) is 102 Å². The van der Waals surface area contributed by atoms with Crippen LogP contribution >= 0.6 is 0 Å². The Balaban J connectivity index is 1.58. The fourth-order valence-corrected chi connectivity index (χ4v) is 2.49. The molecule has 22 heavy (non-hydrogen) atoms. The van der Waals surface area contributed by atoms with E-state index in [0.717, 1.165) is 18.6 Å². The highest BCUT2D eigenvalue weighted by Crippen LogP contribution is 2.14. The Morgan fingerprint density at radius 2 is 1.14 bits per heavy atom. The zero-order valence-corrected chi connectivity index (χ0v) is 12.6. The molecule has 0 fully saturated rings. The number of rotatable bonds is 6. The van der Waals surface area contributed by atoms with Crippen LogP contribution in [0.2, 0.25) is 0 Å². The molecule has 0 saturated carbocycles. The van der Waals surface area contributed by atoms with Gasteiger partial charge in [-0.05, 0) is 41.7 Å². The second kappa shape index (κ2) is 7.46. The molecule has 0 atom stereocenters. The summed E-state index contributed by atoms with van der Waals surface area (Å²) in [6, 6.07) is 29.2. The summed E-state index contributed by atoms with van der Waals surface area (Å²) < 4.78 is 5.81. The molecule has 0 saturated heterocycles. The smallest absolute Gasteiger partial charge is 0.119 e. The highest BCUT2D eigenvalue weighted by molar-refractivity contribution is 5.26. The monoisotopic (exact) mass is 288 g/mol. The number of ether oxygens (including phenoxy) is 1. The van der Waals surface area contributed by atoms with Gasteiger partial charge in [-0.1, -0.05) is 72.8 Å². The number of hydrogen-bond acceptors (Lipinski definition) is 1. The van der Waals surface area contributed by atoms with Crippen LogP contribution in [0.1, 0.15) is 16.7 Å². The summed E-state index contributed by atoms with van der Waals surface area (Å²) in [5.41, 5.74) is 3.96. The number of para-hydroxylation sites is 1. The average Bonchev–Trinajstić information content (AvgIpc) is 2.60. The van der Waals surface area contributed by atoms with E-state index in [0.29, 0.717) is 6.61 Å². The van der Waals surface area contributed by atoms with Crippen LogP contribution in [0.4, 0.5) is 0 Å². The van der Waals surface area contributed by atoms with E-state index < -0.39 is 0 Å². The molecule has 0 heterocycles. The number of aryl methyl sites for hydroxylation is 2. The van der Waals surface area contributed by atoms with Gasteiger partial charge in [-0.15, -0.1) is 0 Å². The molecule has 1 nitrogen and oxygen atoms in total. The topological polar surface area (TPSA) is 9.23 Å². The van der Waals surface area contributed by atoms with Crippen molar-refractivity contribution in [3.8, 4) is 5.75 Å². The Morgan fingerprint density at radius 1 is 0.545 bits per heavy atom. The van der Waals surface area contributed by atoms with Crippen LogP contribution in [0.3, 0.4) is 0 Å². The van der Waals surface area contributed by atoms with E-state index in [1.54, 1.807) is 0 Å². The van der Waals surface area contributed by atoms with Crippen LogP contribution in [0.5, 0.6) is 5.75 Å². The van der Waals surface area contributed by atoms with Crippen LogP contribution in [0.25, 0.3) is 0 Å². The van der Waals surface area contributed by atoms with Crippen LogP contribution in [-0.4, -0.2) is 0 Å². The maximum Gasteiger partial charge on any atom is 0.119 e. The van der Waals surface area contributed by atoms with Crippen molar-refractivity contribution in [2.24, 2.45) is 0 Å².